The molecule has 0 bridgehead atoms. The summed E-state index contributed by atoms with van der Waals surface area (Å²) in [7, 11) is 0. The summed E-state index contributed by atoms with van der Waals surface area (Å²) in [6.07, 6.45) is 3.44. The molecule has 0 aromatic carbocycles. The third-order valence-corrected chi connectivity index (χ3v) is 4.90. The van der Waals surface area contributed by atoms with Crippen LogP contribution < -0.4 is 5.32 Å². The van der Waals surface area contributed by atoms with Gasteiger partial charge in [0.25, 0.3) is 0 Å². The van der Waals surface area contributed by atoms with Crippen molar-refractivity contribution in [1.29, 1.82) is 5.26 Å². The Morgan fingerprint density at radius 3 is 3.06 bits per heavy atom. The lowest BCUT2D eigenvalue weighted by molar-refractivity contribution is -0.119. The molecule has 1 saturated carbocycles. The normalized spacial score (nSPS) is 29.8. The summed E-state index contributed by atoms with van der Waals surface area (Å²) >= 11 is 4.89. The number of hydrogen-bond acceptors (Lipinski definition) is 3. The van der Waals surface area contributed by atoms with Gasteiger partial charge in [-0.15, -0.1) is 11.8 Å². The van der Waals surface area contributed by atoms with Gasteiger partial charge in [0.2, 0.25) is 5.91 Å². The van der Waals surface area contributed by atoms with Gasteiger partial charge in [-0.25, -0.2) is 0 Å². The molecule has 1 heterocycles. The number of nitriles is 1. The van der Waals surface area contributed by atoms with Crippen LogP contribution in [0.3, 0.4) is 0 Å². The highest BCUT2D eigenvalue weighted by Gasteiger charge is 2.39. The number of hydrogen-bond donors (Lipinski definition) is 1. The van der Waals surface area contributed by atoms with Crippen molar-refractivity contribution in [3.8, 4) is 6.07 Å². The van der Waals surface area contributed by atoms with Gasteiger partial charge in [-0.05, 0) is 19.8 Å². The first kappa shape index (κ1) is 12.0. The smallest absolute Gasteiger partial charge is 0.238 e. The van der Waals surface area contributed by atoms with Gasteiger partial charge in [-0.1, -0.05) is 22.4 Å². The van der Waals surface area contributed by atoms with Gasteiger partial charge in [-0.2, -0.15) is 5.26 Å². The van der Waals surface area contributed by atoms with E-state index < -0.39 is 0 Å². The van der Waals surface area contributed by atoms with Crippen LogP contribution in [-0.2, 0) is 4.79 Å². The molecule has 1 aliphatic carbocycles. The maximum atomic E-state index is 11.6. The number of fused-ring (bicyclic) bond motifs is 1. The van der Waals surface area contributed by atoms with Crippen molar-refractivity contribution in [3.05, 3.63) is 10.6 Å². The molecule has 0 aromatic heterocycles. The Balaban J connectivity index is 2.14. The van der Waals surface area contributed by atoms with Crippen molar-refractivity contribution in [2.24, 2.45) is 5.92 Å². The van der Waals surface area contributed by atoms with Gasteiger partial charge in [-0.3, -0.25) is 4.79 Å². The molecule has 16 heavy (non-hydrogen) atoms. The molecule has 0 saturated heterocycles. The second-order valence-electron chi connectivity index (χ2n) is 4.15. The van der Waals surface area contributed by atoms with Crippen LogP contribution in [0.1, 0.15) is 26.2 Å². The molecule has 0 radical (unpaired) electrons. The van der Waals surface area contributed by atoms with E-state index in [4.69, 9.17) is 5.26 Å². The third-order valence-electron chi connectivity index (χ3n) is 3.06. The SMILES string of the molecule is C[C@@H](Br)C(=O)NC1=C(C#N)[C@@H]2CCC[C@@H]2S1. The quantitative estimate of drug-likeness (QED) is 0.797. The predicted octanol–water partition coefficient (Wildman–Crippen LogP) is 2.54. The average Bonchev–Trinajstić information content (AvgIpc) is 2.77. The van der Waals surface area contributed by atoms with Gasteiger partial charge in [0, 0.05) is 11.2 Å². The van der Waals surface area contributed by atoms with Crippen molar-refractivity contribution in [2.75, 3.05) is 0 Å². The molecule has 0 unspecified atom stereocenters. The largest absolute Gasteiger partial charge is 0.319 e. The molecule has 3 nitrogen and oxygen atoms in total. The van der Waals surface area contributed by atoms with E-state index in [0.717, 1.165) is 23.4 Å². The number of halogens is 1. The number of rotatable bonds is 2. The number of carbonyl (C=O) groups excluding carboxylic acids is 1. The molecule has 5 heteroatoms. The Labute approximate surface area is 108 Å². The molecule has 2 aliphatic rings. The number of carbonyl (C=O) groups is 1. The van der Waals surface area contributed by atoms with Gasteiger partial charge < -0.3 is 5.32 Å². The highest BCUT2D eigenvalue weighted by Crippen LogP contribution is 2.49. The zero-order chi connectivity index (χ0) is 11.7. The maximum absolute atomic E-state index is 11.6. The maximum Gasteiger partial charge on any atom is 0.238 e. The van der Waals surface area contributed by atoms with Gasteiger partial charge in [0.1, 0.15) is 0 Å². The minimum Gasteiger partial charge on any atom is -0.319 e. The number of nitrogens with one attached hydrogen (secondary N) is 1. The number of thioether (sulfide) groups is 1. The van der Waals surface area contributed by atoms with Crippen molar-refractivity contribution in [2.45, 2.75) is 36.3 Å². The molecular formula is C11H13BrN2OS. The van der Waals surface area contributed by atoms with Crippen molar-refractivity contribution in [3.63, 3.8) is 0 Å². The fraction of sp³-hybridized carbons (Fsp3) is 0.636. The van der Waals surface area contributed by atoms with Gasteiger partial charge in [0.05, 0.1) is 21.5 Å². The van der Waals surface area contributed by atoms with E-state index in [1.54, 1.807) is 18.7 Å². The fourth-order valence-electron chi connectivity index (χ4n) is 2.22. The fourth-order valence-corrected chi connectivity index (χ4v) is 3.84. The molecule has 3 atom stereocenters. The van der Waals surface area contributed by atoms with Crippen LogP contribution in [0, 0.1) is 17.2 Å². The van der Waals surface area contributed by atoms with Crippen LogP contribution in [0.5, 0.6) is 0 Å². The van der Waals surface area contributed by atoms with E-state index in [1.165, 1.54) is 6.42 Å². The Hall–Kier alpha value is -0.470. The first-order valence-corrected chi connectivity index (χ1v) is 7.19. The summed E-state index contributed by atoms with van der Waals surface area (Å²) in [6.45, 7) is 1.78. The van der Waals surface area contributed by atoms with Crippen molar-refractivity contribution >= 4 is 33.6 Å². The van der Waals surface area contributed by atoms with E-state index in [0.29, 0.717) is 11.2 Å². The highest BCUT2D eigenvalue weighted by molar-refractivity contribution is 9.10. The Morgan fingerprint density at radius 2 is 2.44 bits per heavy atom. The molecule has 2 rings (SSSR count). The predicted molar refractivity (Wildman–Crippen MR) is 67.9 cm³/mol. The Morgan fingerprint density at radius 1 is 1.69 bits per heavy atom. The topological polar surface area (TPSA) is 52.9 Å². The summed E-state index contributed by atoms with van der Waals surface area (Å²) < 4.78 is 0. The first-order valence-electron chi connectivity index (χ1n) is 5.39. The average molecular weight is 301 g/mol. The standard InChI is InChI=1S/C11H13BrN2OS/c1-6(12)10(15)14-11-8(5-13)7-3-2-4-9(7)16-11/h6-7,9H,2-4H2,1H3,(H,14,15)/t6-,7+,9+/m1/s1. The number of nitrogens with zero attached hydrogens (tertiary/aromatic N) is 1. The molecule has 0 spiro atoms. The van der Waals surface area contributed by atoms with Crippen LogP contribution in [0.4, 0.5) is 0 Å². The molecule has 1 amide bonds. The lowest BCUT2D eigenvalue weighted by atomic mass is 9.99. The molecule has 1 fully saturated rings. The second-order valence-corrected chi connectivity index (χ2v) is 6.78. The van der Waals surface area contributed by atoms with Crippen LogP contribution in [-0.4, -0.2) is 16.0 Å². The summed E-state index contributed by atoms with van der Waals surface area (Å²) in [5.41, 5.74) is 0.786. The van der Waals surface area contributed by atoms with Gasteiger partial charge in [0.15, 0.2) is 0 Å². The van der Waals surface area contributed by atoms with Gasteiger partial charge >= 0.3 is 0 Å². The molecule has 1 N–H and O–H groups in total. The van der Waals surface area contributed by atoms with Crippen LogP contribution in [0.25, 0.3) is 0 Å². The first-order chi connectivity index (χ1) is 7.63. The molecular weight excluding hydrogens is 288 g/mol. The Kier molecular flexibility index (Phi) is 3.60. The number of allylic oxidation sites excluding steroid dienone is 1. The van der Waals surface area contributed by atoms with Crippen LogP contribution >= 0.6 is 27.7 Å². The van der Waals surface area contributed by atoms with E-state index in [1.807, 2.05) is 0 Å². The second kappa shape index (κ2) is 4.80. The molecule has 0 aromatic rings. The Bertz CT molecular complexity index is 386. The van der Waals surface area contributed by atoms with E-state index >= 15 is 0 Å². The molecule has 86 valence electrons. The lowest BCUT2D eigenvalue weighted by Gasteiger charge is -2.08. The third kappa shape index (κ3) is 2.14. The number of alkyl halides is 1. The zero-order valence-corrected chi connectivity index (χ0v) is 11.4. The highest BCUT2D eigenvalue weighted by atomic mass is 79.9. The minimum atomic E-state index is -0.221. The zero-order valence-electron chi connectivity index (χ0n) is 9.00. The summed E-state index contributed by atoms with van der Waals surface area (Å²) in [4.78, 5) is 11.3. The van der Waals surface area contributed by atoms with Crippen LogP contribution in [0.2, 0.25) is 0 Å². The summed E-state index contributed by atoms with van der Waals surface area (Å²) in [5.74, 6) is 0.297. The van der Waals surface area contributed by atoms with Crippen LogP contribution in [0.15, 0.2) is 10.6 Å². The van der Waals surface area contributed by atoms with Crippen molar-refractivity contribution in [1.82, 2.24) is 5.32 Å². The molecule has 1 aliphatic heterocycles. The van der Waals surface area contributed by atoms with E-state index in [9.17, 15) is 4.79 Å². The lowest BCUT2D eigenvalue weighted by Crippen LogP contribution is -2.28. The van der Waals surface area contributed by atoms with E-state index in [-0.39, 0.29) is 10.7 Å². The monoisotopic (exact) mass is 300 g/mol. The van der Waals surface area contributed by atoms with E-state index in [2.05, 4.69) is 27.3 Å². The van der Waals surface area contributed by atoms with Crippen molar-refractivity contribution < 1.29 is 4.79 Å². The minimum absolute atomic E-state index is 0.0739. The number of amides is 1. The summed E-state index contributed by atoms with van der Waals surface area (Å²) in [5, 5.41) is 13.3. The summed E-state index contributed by atoms with van der Waals surface area (Å²) in [6, 6.07) is 2.26.